The molecular weight excluding hydrogens is 360 g/mol. The minimum Gasteiger partial charge on any atom is -0.490 e. The van der Waals surface area contributed by atoms with E-state index >= 15 is 0 Å². The van der Waals surface area contributed by atoms with Crippen molar-refractivity contribution in [2.75, 3.05) is 5.32 Å². The van der Waals surface area contributed by atoms with Crippen LogP contribution in [-0.4, -0.2) is 17.0 Å². The number of hydrogen-bond donors (Lipinski definition) is 1. The Morgan fingerprint density at radius 2 is 1.93 bits per heavy atom. The molecule has 0 bridgehead atoms. The van der Waals surface area contributed by atoms with Crippen LogP contribution in [0.1, 0.15) is 61.9 Å². The number of unbranched alkanes of at least 4 members (excludes halogenated alkanes) is 3. The molecule has 1 N–H and O–H groups in total. The lowest BCUT2D eigenvalue weighted by Crippen LogP contribution is -2.17. The minimum atomic E-state index is -0.184. The molecule has 0 radical (unpaired) electrons. The van der Waals surface area contributed by atoms with E-state index in [1.54, 1.807) is 12.3 Å². The number of amides is 1. The average Bonchev–Trinajstić information content (AvgIpc) is 2.71. The lowest BCUT2D eigenvalue weighted by atomic mass is 10.1. The Kier molecular flexibility index (Phi) is 7.23. The molecule has 0 aliphatic carbocycles. The summed E-state index contributed by atoms with van der Waals surface area (Å²) in [4.78, 5) is 17.5. The summed E-state index contributed by atoms with van der Waals surface area (Å²) in [6.45, 7) is 6.29. The van der Waals surface area contributed by atoms with Crippen molar-refractivity contribution in [3.63, 3.8) is 0 Å². The average molecular weight is 391 g/mol. The molecule has 152 valence electrons. The molecule has 0 fully saturated rings. The van der Waals surface area contributed by atoms with Gasteiger partial charge >= 0.3 is 0 Å². The third-order valence-electron chi connectivity index (χ3n) is 5.02. The first kappa shape index (κ1) is 20.8. The summed E-state index contributed by atoms with van der Waals surface area (Å²) in [5, 5.41) is 4.04. The fraction of sp³-hybridized carbons (Fsp3) is 0.360. The second-order valence-electron chi connectivity index (χ2n) is 7.62. The van der Waals surface area contributed by atoms with E-state index in [2.05, 4.69) is 30.2 Å². The van der Waals surface area contributed by atoms with E-state index in [0.717, 1.165) is 29.3 Å². The lowest BCUT2D eigenvalue weighted by molar-refractivity contribution is 0.102. The number of nitrogens with one attached hydrogen (secondary N) is 1. The van der Waals surface area contributed by atoms with Crippen molar-refractivity contribution in [2.45, 2.75) is 59.0 Å². The maximum Gasteiger partial charge on any atom is 0.259 e. The highest BCUT2D eigenvalue weighted by atomic mass is 16.5. The number of benzene rings is 2. The SMILES string of the molecule is CCCCCCC(C)Oc1ccccc1C(=O)Nc1cc(C)cc2cccnc12. The van der Waals surface area contributed by atoms with Crippen LogP contribution in [0.3, 0.4) is 0 Å². The van der Waals surface area contributed by atoms with E-state index in [0.29, 0.717) is 17.0 Å². The highest BCUT2D eigenvalue weighted by Gasteiger charge is 2.16. The Bertz CT molecular complexity index is 968. The fourth-order valence-corrected chi connectivity index (χ4v) is 3.52. The number of aromatic nitrogens is 1. The Labute approximate surface area is 173 Å². The van der Waals surface area contributed by atoms with Crippen LogP contribution in [0.5, 0.6) is 5.75 Å². The van der Waals surface area contributed by atoms with Gasteiger partial charge in [-0.15, -0.1) is 0 Å². The quantitative estimate of drug-likeness (QED) is 0.422. The Morgan fingerprint density at radius 3 is 2.76 bits per heavy atom. The Balaban J connectivity index is 1.75. The molecule has 0 saturated heterocycles. The van der Waals surface area contributed by atoms with Crippen LogP contribution in [0.25, 0.3) is 10.9 Å². The number of hydrogen-bond acceptors (Lipinski definition) is 3. The van der Waals surface area contributed by atoms with E-state index < -0.39 is 0 Å². The number of pyridine rings is 1. The summed E-state index contributed by atoms with van der Waals surface area (Å²) < 4.78 is 6.12. The van der Waals surface area contributed by atoms with Gasteiger partial charge in [0.2, 0.25) is 0 Å². The fourth-order valence-electron chi connectivity index (χ4n) is 3.52. The van der Waals surface area contributed by atoms with Crippen LogP contribution >= 0.6 is 0 Å². The summed E-state index contributed by atoms with van der Waals surface area (Å²) in [5.74, 6) is 0.439. The number of anilines is 1. The zero-order valence-corrected chi connectivity index (χ0v) is 17.6. The highest BCUT2D eigenvalue weighted by Crippen LogP contribution is 2.26. The molecule has 3 rings (SSSR count). The highest BCUT2D eigenvalue weighted by molar-refractivity contribution is 6.09. The van der Waals surface area contributed by atoms with Crippen molar-refractivity contribution in [2.24, 2.45) is 0 Å². The predicted molar refractivity (Wildman–Crippen MR) is 120 cm³/mol. The summed E-state index contributed by atoms with van der Waals surface area (Å²) >= 11 is 0. The van der Waals surface area contributed by atoms with Crippen LogP contribution in [0.15, 0.2) is 54.7 Å². The van der Waals surface area contributed by atoms with Crippen molar-refractivity contribution >= 4 is 22.5 Å². The zero-order chi connectivity index (χ0) is 20.6. The van der Waals surface area contributed by atoms with Gasteiger partial charge < -0.3 is 10.1 Å². The van der Waals surface area contributed by atoms with Gasteiger partial charge in [0.25, 0.3) is 5.91 Å². The standard InChI is InChI=1S/C25H30N2O2/c1-4-5-6-7-11-19(3)29-23-14-9-8-13-21(23)25(28)27-22-17-18(2)16-20-12-10-15-26-24(20)22/h8-10,12-17,19H,4-7,11H2,1-3H3,(H,27,28). The number of nitrogens with zero attached hydrogens (tertiary/aromatic N) is 1. The minimum absolute atomic E-state index is 0.0715. The van der Waals surface area contributed by atoms with Gasteiger partial charge in [0, 0.05) is 11.6 Å². The van der Waals surface area contributed by atoms with Gasteiger partial charge in [-0.05, 0) is 62.6 Å². The van der Waals surface area contributed by atoms with Crippen molar-refractivity contribution in [1.82, 2.24) is 4.98 Å². The van der Waals surface area contributed by atoms with Crippen molar-refractivity contribution in [1.29, 1.82) is 0 Å². The van der Waals surface area contributed by atoms with Crippen LogP contribution in [0.4, 0.5) is 5.69 Å². The van der Waals surface area contributed by atoms with E-state index in [1.807, 2.05) is 43.3 Å². The van der Waals surface area contributed by atoms with Gasteiger partial charge in [-0.25, -0.2) is 0 Å². The van der Waals surface area contributed by atoms with Gasteiger partial charge in [-0.1, -0.05) is 44.4 Å². The molecule has 1 atom stereocenters. The number of para-hydroxylation sites is 1. The van der Waals surface area contributed by atoms with E-state index in [-0.39, 0.29) is 12.0 Å². The van der Waals surface area contributed by atoms with Gasteiger partial charge in [0.15, 0.2) is 0 Å². The predicted octanol–water partition coefficient (Wildman–Crippen LogP) is 6.53. The number of rotatable bonds is 9. The molecule has 4 nitrogen and oxygen atoms in total. The molecule has 2 aromatic carbocycles. The molecule has 1 aromatic heterocycles. The maximum absolute atomic E-state index is 13.1. The largest absolute Gasteiger partial charge is 0.490 e. The summed E-state index contributed by atoms with van der Waals surface area (Å²) in [5.41, 5.74) is 3.12. The van der Waals surface area contributed by atoms with Gasteiger partial charge in [-0.2, -0.15) is 0 Å². The number of carbonyl (C=O) groups is 1. The smallest absolute Gasteiger partial charge is 0.259 e. The summed E-state index contributed by atoms with van der Waals surface area (Å²) in [6.07, 6.45) is 7.64. The van der Waals surface area contributed by atoms with Crippen LogP contribution in [0, 0.1) is 6.92 Å². The molecule has 1 heterocycles. The monoisotopic (exact) mass is 390 g/mol. The van der Waals surface area contributed by atoms with Crippen LogP contribution in [0.2, 0.25) is 0 Å². The molecule has 1 amide bonds. The molecule has 4 heteroatoms. The molecule has 0 aliphatic rings. The molecule has 0 spiro atoms. The van der Waals surface area contributed by atoms with Crippen LogP contribution in [-0.2, 0) is 0 Å². The number of ether oxygens (including phenoxy) is 1. The number of aryl methyl sites for hydroxylation is 1. The summed E-state index contributed by atoms with van der Waals surface area (Å²) in [7, 11) is 0. The van der Waals surface area contributed by atoms with E-state index in [9.17, 15) is 4.79 Å². The van der Waals surface area contributed by atoms with Crippen LogP contribution < -0.4 is 10.1 Å². The first-order chi connectivity index (χ1) is 14.1. The van der Waals surface area contributed by atoms with Crippen molar-refractivity contribution < 1.29 is 9.53 Å². The maximum atomic E-state index is 13.1. The van der Waals surface area contributed by atoms with Gasteiger partial charge in [0.05, 0.1) is 22.9 Å². The molecular formula is C25H30N2O2. The molecule has 29 heavy (non-hydrogen) atoms. The molecule has 3 aromatic rings. The second-order valence-corrected chi connectivity index (χ2v) is 7.62. The van der Waals surface area contributed by atoms with E-state index in [1.165, 1.54) is 19.3 Å². The summed E-state index contributed by atoms with van der Waals surface area (Å²) in [6, 6.07) is 15.4. The normalized spacial score (nSPS) is 12.0. The Morgan fingerprint density at radius 1 is 1.10 bits per heavy atom. The first-order valence-electron chi connectivity index (χ1n) is 10.5. The van der Waals surface area contributed by atoms with E-state index in [4.69, 9.17) is 4.74 Å². The third-order valence-corrected chi connectivity index (χ3v) is 5.02. The lowest BCUT2D eigenvalue weighted by Gasteiger charge is -2.17. The second kappa shape index (κ2) is 10.1. The van der Waals surface area contributed by atoms with Crippen molar-refractivity contribution in [3.8, 4) is 5.75 Å². The van der Waals surface area contributed by atoms with Gasteiger partial charge in [-0.3, -0.25) is 9.78 Å². The topological polar surface area (TPSA) is 51.2 Å². The first-order valence-corrected chi connectivity index (χ1v) is 10.5. The molecule has 0 aliphatic heterocycles. The van der Waals surface area contributed by atoms with Crippen molar-refractivity contribution in [3.05, 3.63) is 65.9 Å². The Hall–Kier alpha value is -2.88. The van der Waals surface area contributed by atoms with Gasteiger partial charge in [0.1, 0.15) is 5.75 Å². The molecule has 0 saturated carbocycles. The number of carbonyl (C=O) groups excluding carboxylic acids is 1. The zero-order valence-electron chi connectivity index (χ0n) is 17.6. The number of fused-ring (bicyclic) bond motifs is 1. The molecule has 1 unspecified atom stereocenters. The third kappa shape index (κ3) is 5.57.